The summed E-state index contributed by atoms with van der Waals surface area (Å²) in [5.74, 6) is 0.551. The molecule has 62 valence electrons. The number of hydrogen-bond acceptors (Lipinski definition) is 3. The van der Waals surface area contributed by atoms with Crippen LogP contribution in [-0.4, -0.2) is 11.2 Å². The molecule has 3 heteroatoms. The highest BCUT2D eigenvalue weighted by atomic mass is 32.2. The Bertz CT molecular complexity index is 204. The standard InChI is InChI=1S/C8H14N2S/c1-6(2)7-4-8(3,9)10-5-11-7/h4-6H,9H2,1-3H3. The van der Waals surface area contributed by atoms with Crippen molar-refractivity contribution in [3.05, 3.63) is 11.0 Å². The van der Waals surface area contributed by atoms with Crippen LogP contribution >= 0.6 is 11.8 Å². The molecule has 0 spiro atoms. The van der Waals surface area contributed by atoms with Crippen LogP contribution in [0, 0.1) is 5.92 Å². The number of hydrogen-bond donors (Lipinski definition) is 1. The first-order valence-corrected chi connectivity index (χ1v) is 4.61. The Morgan fingerprint density at radius 2 is 2.27 bits per heavy atom. The van der Waals surface area contributed by atoms with Gasteiger partial charge in [-0.15, -0.1) is 0 Å². The van der Waals surface area contributed by atoms with E-state index in [1.807, 2.05) is 18.5 Å². The van der Waals surface area contributed by atoms with Crippen molar-refractivity contribution in [2.24, 2.45) is 16.6 Å². The van der Waals surface area contributed by atoms with Crippen molar-refractivity contribution in [1.29, 1.82) is 0 Å². The Balaban J connectivity index is 2.78. The Labute approximate surface area is 72.0 Å². The van der Waals surface area contributed by atoms with Gasteiger partial charge in [0.05, 0.1) is 5.55 Å². The van der Waals surface area contributed by atoms with E-state index < -0.39 is 5.66 Å². The predicted octanol–water partition coefficient (Wildman–Crippen LogP) is 1.98. The lowest BCUT2D eigenvalue weighted by atomic mass is 10.1. The number of thioether (sulfide) groups is 1. The Morgan fingerprint density at radius 1 is 1.64 bits per heavy atom. The largest absolute Gasteiger partial charge is 0.304 e. The zero-order valence-electron chi connectivity index (χ0n) is 7.16. The molecule has 1 heterocycles. The van der Waals surface area contributed by atoms with Crippen LogP contribution < -0.4 is 5.73 Å². The number of nitrogens with two attached hydrogens (primary N) is 1. The van der Waals surface area contributed by atoms with Gasteiger partial charge >= 0.3 is 0 Å². The molecule has 2 N–H and O–H groups in total. The summed E-state index contributed by atoms with van der Waals surface area (Å²) < 4.78 is 0. The summed E-state index contributed by atoms with van der Waals surface area (Å²) in [7, 11) is 0. The van der Waals surface area contributed by atoms with Gasteiger partial charge in [-0.3, -0.25) is 4.99 Å². The topological polar surface area (TPSA) is 38.4 Å². The molecule has 1 atom stereocenters. The second kappa shape index (κ2) is 2.99. The average Bonchev–Trinajstić information content (AvgIpc) is 1.85. The van der Waals surface area contributed by atoms with Gasteiger partial charge in [0, 0.05) is 0 Å². The maximum Gasteiger partial charge on any atom is 0.125 e. The first-order valence-electron chi connectivity index (χ1n) is 3.73. The number of rotatable bonds is 1. The number of allylic oxidation sites excluding steroid dienone is 1. The van der Waals surface area contributed by atoms with Crippen molar-refractivity contribution in [1.82, 2.24) is 0 Å². The normalized spacial score (nSPS) is 30.8. The van der Waals surface area contributed by atoms with Gasteiger partial charge in [-0.1, -0.05) is 25.6 Å². The smallest absolute Gasteiger partial charge is 0.125 e. The van der Waals surface area contributed by atoms with E-state index in [0.29, 0.717) is 5.92 Å². The first kappa shape index (κ1) is 8.81. The van der Waals surface area contributed by atoms with Crippen molar-refractivity contribution in [2.75, 3.05) is 0 Å². The molecule has 0 aromatic rings. The molecule has 0 fully saturated rings. The molecule has 1 aliphatic rings. The molecule has 11 heavy (non-hydrogen) atoms. The summed E-state index contributed by atoms with van der Waals surface area (Å²) >= 11 is 1.66. The third-order valence-corrected chi connectivity index (χ3v) is 2.60. The van der Waals surface area contributed by atoms with E-state index in [-0.39, 0.29) is 0 Å². The Kier molecular flexibility index (Phi) is 2.40. The molecule has 0 saturated heterocycles. The second-order valence-electron chi connectivity index (χ2n) is 3.28. The van der Waals surface area contributed by atoms with Gasteiger partial charge in [0.1, 0.15) is 5.66 Å². The molecule has 0 aromatic carbocycles. The number of aliphatic imine (C=N–C) groups is 1. The van der Waals surface area contributed by atoms with Crippen LogP contribution in [0.15, 0.2) is 16.0 Å². The molecule has 1 aliphatic heterocycles. The summed E-state index contributed by atoms with van der Waals surface area (Å²) in [5.41, 5.74) is 7.17. The van der Waals surface area contributed by atoms with E-state index in [2.05, 4.69) is 18.8 Å². The molecule has 0 aliphatic carbocycles. The molecule has 1 rings (SSSR count). The molecular formula is C8H14N2S. The van der Waals surface area contributed by atoms with Crippen molar-refractivity contribution < 1.29 is 0 Å². The third kappa shape index (κ3) is 2.34. The fourth-order valence-electron chi connectivity index (χ4n) is 0.863. The average molecular weight is 170 g/mol. The minimum atomic E-state index is -0.481. The van der Waals surface area contributed by atoms with Crippen LogP contribution in [0.5, 0.6) is 0 Å². The molecule has 0 radical (unpaired) electrons. The van der Waals surface area contributed by atoms with Crippen molar-refractivity contribution in [3.63, 3.8) is 0 Å². The van der Waals surface area contributed by atoms with Gasteiger partial charge < -0.3 is 5.73 Å². The van der Waals surface area contributed by atoms with Crippen molar-refractivity contribution in [2.45, 2.75) is 26.4 Å². The van der Waals surface area contributed by atoms with E-state index in [0.717, 1.165) is 0 Å². The van der Waals surface area contributed by atoms with Crippen LogP contribution in [0.3, 0.4) is 0 Å². The molecule has 0 saturated carbocycles. The summed E-state index contributed by atoms with van der Waals surface area (Å²) in [6.07, 6.45) is 2.03. The summed E-state index contributed by atoms with van der Waals surface area (Å²) in [6.45, 7) is 6.23. The number of nitrogens with zero attached hydrogens (tertiary/aromatic N) is 1. The highest BCUT2D eigenvalue weighted by Gasteiger charge is 2.18. The maximum atomic E-state index is 5.82. The van der Waals surface area contributed by atoms with Gasteiger partial charge in [0.2, 0.25) is 0 Å². The molecule has 0 bridgehead atoms. The van der Waals surface area contributed by atoms with Crippen LogP contribution in [-0.2, 0) is 0 Å². The van der Waals surface area contributed by atoms with Crippen molar-refractivity contribution in [3.8, 4) is 0 Å². The minimum absolute atomic E-state index is 0.481. The van der Waals surface area contributed by atoms with Gasteiger partial charge in [-0.2, -0.15) is 0 Å². The third-order valence-electron chi connectivity index (χ3n) is 1.52. The first-order chi connectivity index (χ1) is 5.01. The molecule has 0 amide bonds. The van der Waals surface area contributed by atoms with E-state index in [1.54, 1.807) is 11.8 Å². The lowest BCUT2D eigenvalue weighted by Gasteiger charge is -2.22. The molecule has 0 aromatic heterocycles. The predicted molar refractivity (Wildman–Crippen MR) is 51.6 cm³/mol. The fourth-order valence-corrected chi connectivity index (χ4v) is 1.84. The maximum absolute atomic E-state index is 5.82. The van der Waals surface area contributed by atoms with Crippen molar-refractivity contribution >= 4 is 17.3 Å². The van der Waals surface area contributed by atoms with E-state index in [9.17, 15) is 0 Å². The lowest BCUT2D eigenvalue weighted by molar-refractivity contribution is 0.613. The molecule has 1 unspecified atom stereocenters. The SMILES string of the molecule is CC(C)C1=CC(C)(N)N=CS1. The van der Waals surface area contributed by atoms with Gasteiger partial charge in [-0.05, 0) is 23.8 Å². The van der Waals surface area contributed by atoms with Crippen LogP contribution in [0.25, 0.3) is 0 Å². The van der Waals surface area contributed by atoms with Gasteiger partial charge in [-0.25, -0.2) is 0 Å². The van der Waals surface area contributed by atoms with Gasteiger partial charge in [0.15, 0.2) is 0 Å². The van der Waals surface area contributed by atoms with E-state index in [4.69, 9.17) is 5.73 Å². The van der Waals surface area contributed by atoms with Crippen LogP contribution in [0.1, 0.15) is 20.8 Å². The van der Waals surface area contributed by atoms with E-state index >= 15 is 0 Å². The van der Waals surface area contributed by atoms with E-state index in [1.165, 1.54) is 4.91 Å². The van der Waals surface area contributed by atoms with Gasteiger partial charge in [0.25, 0.3) is 0 Å². The molecule has 2 nitrogen and oxygen atoms in total. The zero-order chi connectivity index (χ0) is 8.48. The lowest BCUT2D eigenvalue weighted by Crippen LogP contribution is -2.33. The highest BCUT2D eigenvalue weighted by Crippen LogP contribution is 2.28. The van der Waals surface area contributed by atoms with Crippen LogP contribution in [0.2, 0.25) is 0 Å². The molecular weight excluding hydrogens is 156 g/mol. The van der Waals surface area contributed by atoms with Crippen LogP contribution in [0.4, 0.5) is 0 Å². The Morgan fingerprint density at radius 3 is 2.64 bits per heavy atom. The quantitative estimate of drug-likeness (QED) is 0.653. The summed E-state index contributed by atoms with van der Waals surface area (Å²) in [5, 5.41) is 0. The Hall–Kier alpha value is -0.280. The minimum Gasteiger partial charge on any atom is -0.304 e. The summed E-state index contributed by atoms with van der Waals surface area (Å²) in [6, 6.07) is 0. The highest BCUT2D eigenvalue weighted by molar-refractivity contribution is 8.15. The summed E-state index contributed by atoms with van der Waals surface area (Å²) in [4.78, 5) is 5.44. The second-order valence-corrected chi connectivity index (χ2v) is 4.20. The monoisotopic (exact) mass is 170 g/mol. The fraction of sp³-hybridized carbons (Fsp3) is 0.625. The zero-order valence-corrected chi connectivity index (χ0v) is 7.98.